The van der Waals surface area contributed by atoms with Crippen molar-refractivity contribution in [3.05, 3.63) is 36.0 Å². The van der Waals surface area contributed by atoms with E-state index in [0.717, 1.165) is 31.6 Å². The van der Waals surface area contributed by atoms with Gasteiger partial charge in [0, 0.05) is 12.3 Å². The van der Waals surface area contributed by atoms with Crippen LogP contribution in [0.3, 0.4) is 0 Å². The molecule has 2 aliphatic rings. The lowest BCUT2D eigenvalue weighted by Gasteiger charge is -2.19. The number of carbonyl (C=O) groups is 1. The molecule has 0 amide bonds. The van der Waals surface area contributed by atoms with Crippen LogP contribution in [-0.2, 0) is 4.79 Å². The highest BCUT2D eigenvalue weighted by Gasteiger charge is 2.24. The molecule has 0 spiro atoms. The summed E-state index contributed by atoms with van der Waals surface area (Å²) in [6, 6.07) is 0. The lowest BCUT2D eigenvalue weighted by molar-refractivity contribution is -0.123. The third kappa shape index (κ3) is 6.42. The highest BCUT2D eigenvalue weighted by atomic mass is 16.1. The molecule has 2 rings (SSSR count). The molecule has 0 bridgehead atoms. The summed E-state index contributed by atoms with van der Waals surface area (Å²) in [4.78, 5) is 12.3. The monoisotopic (exact) mass is 328 g/mol. The Kier molecular flexibility index (Phi) is 8.02. The van der Waals surface area contributed by atoms with E-state index >= 15 is 0 Å². The van der Waals surface area contributed by atoms with E-state index < -0.39 is 0 Å². The zero-order valence-corrected chi connectivity index (χ0v) is 15.9. The second-order valence-corrected chi connectivity index (χ2v) is 8.09. The van der Waals surface area contributed by atoms with Crippen LogP contribution in [0.4, 0.5) is 0 Å². The molecule has 0 radical (unpaired) electrons. The molecular formula is C23H36O. The SMILES string of the molecule is C=C(C)CCC(CC)CCC1=CCC(CC(=O)C2CCCC2)C=C1. The molecule has 0 N–H and O–H groups in total. The molecule has 0 saturated heterocycles. The Bertz CT molecular complexity index is 476. The highest BCUT2D eigenvalue weighted by molar-refractivity contribution is 5.81. The van der Waals surface area contributed by atoms with Crippen molar-refractivity contribution < 1.29 is 4.79 Å². The number of hydrogen-bond acceptors (Lipinski definition) is 1. The summed E-state index contributed by atoms with van der Waals surface area (Å²) in [6.07, 6.45) is 19.8. The zero-order valence-electron chi connectivity index (χ0n) is 15.9. The van der Waals surface area contributed by atoms with Crippen LogP contribution in [0, 0.1) is 17.8 Å². The molecule has 0 aromatic heterocycles. The third-order valence-corrected chi connectivity index (χ3v) is 5.94. The lowest BCUT2D eigenvalue weighted by Crippen LogP contribution is -2.15. The van der Waals surface area contributed by atoms with E-state index in [1.165, 1.54) is 56.1 Å². The van der Waals surface area contributed by atoms with E-state index in [1.54, 1.807) is 0 Å². The van der Waals surface area contributed by atoms with E-state index in [4.69, 9.17) is 0 Å². The fraction of sp³-hybridized carbons (Fsp3) is 0.696. The Hall–Kier alpha value is -1.11. The molecule has 2 aliphatic carbocycles. The van der Waals surface area contributed by atoms with Gasteiger partial charge in [0.15, 0.2) is 0 Å². The van der Waals surface area contributed by atoms with Crippen LogP contribution < -0.4 is 0 Å². The fourth-order valence-corrected chi connectivity index (χ4v) is 4.09. The lowest BCUT2D eigenvalue weighted by atomic mass is 9.86. The van der Waals surface area contributed by atoms with Gasteiger partial charge in [-0.3, -0.25) is 4.79 Å². The summed E-state index contributed by atoms with van der Waals surface area (Å²) in [5.74, 6) is 2.16. The van der Waals surface area contributed by atoms with Crippen LogP contribution in [0.15, 0.2) is 36.0 Å². The maximum absolute atomic E-state index is 12.3. The Morgan fingerprint density at radius 2 is 2.04 bits per heavy atom. The molecule has 0 aromatic rings. The second kappa shape index (κ2) is 10.0. The molecule has 0 aliphatic heterocycles. The molecule has 134 valence electrons. The van der Waals surface area contributed by atoms with Gasteiger partial charge >= 0.3 is 0 Å². The first-order chi connectivity index (χ1) is 11.6. The zero-order chi connectivity index (χ0) is 17.4. The Morgan fingerprint density at radius 3 is 2.62 bits per heavy atom. The molecule has 1 heteroatoms. The summed E-state index contributed by atoms with van der Waals surface area (Å²) < 4.78 is 0. The predicted molar refractivity (Wildman–Crippen MR) is 104 cm³/mol. The standard InChI is InChI=1S/C23H36O/c1-4-19(10-9-18(2)3)11-12-20-13-15-21(16-14-20)17-23(24)22-7-5-6-8-22/h13-15,19,21-22H,2,4-12,16-17H2,1,3H3. The Morgan fingerprint density at radius 1 is 1.29 bits per heavy atom. The van der Waals surface area contributed by atoms with Gasteiger partial charge in [-0.05, 0) is 63.7 Å². The molecule has 2 atom stereocenters. The number of Topliss-reactive ketones (excluding diaryl/α,β-unsaturated/α-hetero) is 1. The predicted octanol–water partition coefficient (Wildman–Crippen LogP) is 6.80. The number of carbonyl (C=O) groups excluding carboxylic acids is 1. The Labute approximate surface area is 149 Å². The van der Waals surface area contributed by atoms with Gasteiger partial charge in [0.1, 0.15) is 5.78 Å². The highest BCUT2D eigenvalue weighted by Crippen LogP contribution is 2.30. The minimum atomic E-state index is 0.377. The first-order valence-corrected chi connectivity index (χ1v) is 10.1. The van der Waals surface area contributed by atoms with Gasteiger partial charge in [-0.15, -0.1) is 6.58 Å². The van der Waals surface area contributed by atoms with Crippen molar-refractivity contribution in [2.24, 2.45) is 17.8 Å². The normalized spacial score (nSPS) is 22.4. The molecule has 0 heterocycles. The van der Waals surface area contributed by atoms with Gasteiger partial charge < -0.3 is 0 Å². The first kappa shape index (κ1) is 19.2. The van der Waals surface area contributed by atoms with Gasteiger partial charge in [0.05, 0.1) is 0 Å². The average molecular weight is 329 g/mol. The van der Waals surface area contributed by atoms with Crippen LogP contribution in [-0.4, -0.2) is 5.78 Å². The van der Waals surface area contributed by atoms with Crippen molar-refractivity contribution in [2.45, 2.75) is 84.5 Å². The van der Waals surface area contributed by atoms with E-state index in [2.05, 4.69) is 38.7 Å². The van der Waals surface area contributed by atoms with Gasteiger partial charge in [-0.25, -0.2) is 0 Å². The minimum Gasteiger partial charge on any atom is -0.299 e. The summed E-state index contributed by atoms with van der Waals surface area (Å²) in [5, 5.41) is 0. The fourth-order valence-electron chi connectivity index (χ4n) is 4.09. The molecule has 0 aromatic carbocycles. The van der Waals surface area contributed by atoms with Crippen LogP contribution in [0.1, 0.15) is 84.5 Å². The molecule has 2 unspecified atom stereocenters. The maximum Gasteiger partial charge on any atom is 0.136 e. The number of allylic oxidation sites excluding steroid dienone is 5. The number of rotatable bonds is 10. The molecule has 1 saturated carbocycles. The largest absolute Gasteiger partial charge is 0.299 e. The van der Waals surface area contributed by atoms with Gasteiger partial charge in [0.2, 0.25) is 0 Å². The van der Waals surface area contributed by atoms with E-state index in [0.29, 0.717) is 17.6 Å². The molecule has 1 nitrogen and oxygen atoms in total. The molecule has 24 heavy (non-hydrogen) atoms. The first-order valence-electron chi connectivity index (χ1n) is 10.1. The summed E-state index contributed by atoms with van der Waals surface area (Å²) in [6.45, 7) is 8.46. The van der Waals surface area contributed by atoms with Crippen molar-refractivity contribution in [1.82, 2.24) is 0 Å². The van der Waals surface area contributed by atoms with E-state index in [9.17, 15) is 4.79 Å². The van der Waals surface area contributed by atoms with Crippen molar-refractivity contribution in [3.63, 3.8) is 0 Å². The Balaban J connectivity index is 1.69. The van der Waals surface area contributed by atoms with Gasteiger partial charge in [-0.1, -0.05) is 55.6 Å². The minimum absolute atomic E-state index is 0.377. The van der Waals surface area contributed by atoms with Crippen LogP contribution in [0.25, 0.3) is 0 Å². The summed E-state index contributed by atoms with van der Waals surface area (Å²) in [7, 11) is 0. The topological polar surface area (TPSA) is 17.1 Å². The summed E-state index contributed by atoms with van der Waals surface area (Å²) >= 11 is 0. The smallest absolute Gasteiger partial charge is 0.136 e. The van der Waals surface area contributed by atoms with Gasteiger partial charge in [-0.2, -0.15) is 0 Å². The van der Waals surface area contributed by atoms with Crippen molar-refractivity contribution in [1.29, 1.82) is 0 Å². The van der Waals surface area contributed by atoms with Crippen molar-refractivity contribution in [2.75, 3.05) is 0 Å². The quantitative estimate of drug-likeness (QED) is 0.403. The summed E-state index contributed by atoms with van der Waals surface area (Å²) in [5.41, 5.74) is 2.79. The van der Waals surface area contributed by atoms with Gasteiger partial charge in [0.25, 0.3) is 0 Å². The molecular weight excluding hydrogens is 292 g/mol. The van der Waals surface area contributed by atoms with Crippen molar-refractivity contribution >= 4 is 5.78 Å². The molecule has 1 fully saturated rings. The van der Waals surface area contributed by atoms with E-state index in [-0.39, 0.29) is 0 Å². The van der Waals surface area contributed by atoms with E-state index in [1.807, 2.05) is 0 Å². The number of hydrogen-bond donors (Lipinski definition) is 0. The maximum atomic E-state index is 12.3. The van der Waals surface area contributed by atoms with Crippen molar-refractivity contribution in [3.8, 4) is 0 Å². The van der Waals surface area contributed by atoms with Crippen LogP contribution >= 0.6 is 0 Å². The van der Waals surface area contributed by atoms with Crippen LogP contribution in [0.5, 0.6) is 0 Å². The average Bonchev–Trinajstić information content (AvgIpc) is 3.11. The number of ketones is 1. The second-order valence-electron chi connectivity index (χ2n) is 8.09. The van der Waals surface area contributed by atoms with Crippen LogP contribution in [0.2, 0.25) is 0 Å². The third-order valence-electron chi connectivity index (χ3n) is 5.94.